The fourth-order valence-electron chi connectivity index (χ4n) is 1.06. The van der Waals surface area contributed by atoms with E-state index in [2.05, 4.69) is 0 Å². The van der Waals surface area contributed by atoms with Gasteiger partial charge in [-0.15, -0.1) is 23.1 Å². The summed E-state index contributed by atoms with van der Waals surface area (Å²) in [5.41, 5.74) is 0. The van der Waals surface area contributed by atoms with Gasteiger partial charge in [-0.2, -0.15) is 0 Å². The van der Waals surface area contributed by atoms with E-state index in [1.165, 1.54) is 11.3 Å². The van der Waals surface area contributed by atoms with Crippen LogP contribution in [0.15, 0.2) is 39.2 Å². The van der Waals surface area contributed by atoms with Gasteiger partial charge in [0.25, 0.3) is 0 Å². The van der Waals surface area contributed by atoms with Crippen LogP contribution in [0.25, 0.3) is 0 Å². The van der Waals surface area contributed by atoms with Gasteiger partial charge in [0, 0.05) is 10.3 Å². The molecule has 0 spiro atoms. The normalized spacial score (nSPS) is 10.4. The predicted molar refractivity (Wildman–Crippen MR) is 59.5 cm³/mol. The van der Waals surface area contributed by atoms with Gasteiger partial charge in [0.1, 0.15) is 10.6 Å². The Balaban J connectivity index is 1.96. The zero-order valence-corrected chi connectivity index (χ0v) is 9.31. The first kappa shape index (κ1) is 10.3. The Kier molecular flexibility index (Phi) is 3.13. The van der Waals surface area contributed by atoms with Crippen molar-refractivity contribution in [3.8, 4) is 0 Å². The summed E-state index contributed by atoms with van der Waals surface area (Å²) in [5, 5.41) is 10.6. The molecule has 1 N–H and O–H groups in total. The second-order valence-corrected chi connectivity index (χ2v) is 4.78. The molecule has 2 aromatic heterocycles. The van der Waals surface area contributed by atoms with E-state index in [9.17, 15) is 4.79 Å². The van der Waals surface area contributed by atoms with Crippen molar-refractivity contribution in [2.24, 2.45) is 0 Å². The van der Waals surface area contributed by atoms with Gasteiger partial charge in [-0.25, -0.2) is 4.79 Å². The molecule has 0 fully saturated rings. The average Bonchev–Trinajstić information content (AvgIpc) is 2.86. The highest BCUT2D eigenvalue weighted by Crippen LogP contribution is 2.27. The monoisotopic (exact) mass is 240 g/mol. The van der Waals surface area contributed by atoms with E-state index in [1.54, 1.807) is 24.1 Å². The first-order chi connectivity index (χ1) is 7.25. The molecule has 0 unspecified atom stereocenters. The Morgan fingerprint density at radius 2 is 2.47 bits per heavy atom. The molecule has 5 heteroatoms. The Morgan fingerprint density at radius 3 is 3.07 bits per heavy atom. The molecule has 3 nitrogen and oxygen atoms in total. The Labute approximate surface area is 94.7 Å². The van der Waals surface area contributed by atoms with Crippen molar-refractivity contribution in [3.05, 3.63) is 40.5 Å². The number of thioether (sulfide) groups is 1. The molecule has 0 aliphatic heterocycles. The van der Waals surface area contributed by atoms with Crippen LogP contribution in [0.5, 0.6) is 0 Å². The largest absolute Gasteiger partial charge is 0.477 e. The Hall–Kier alpha value is -1.20. The SMILES string of the molecule is O=C(O)c1cc(SCc2ccco2)cs1. The topological polar surface area (TPSA) is 50.4 Å². The van der Waals surface area contributed by atoms with Gasteiger partial charge in [0.2, 0.25) is 0 Å². The fourth-order valence-corrected chi connectivity index (χ4v) is 2.83. The summed E-state index contributed by atoms with van der Waals surface area (Å²) in [7, 11) is 0. The van der Waals surface area contributed by atoms with Gasteiger partial charge < -0.3 is 9.52 Å². The number of carbonyl (C=O) groups is 1. The van der Waals surface area contributed by atoms with Crippen molar-refractivity contribution >= 4 is 29.1 Å². The maximum Gasteiger partial charge on any atom is 0.345 e. The van der Waals surface area contributed by atoms with Crippen LogP contribution < -0.4 is 0 Å². The summed E-state index contributed by atoms with van der Waals surface area (Å²) < 4.78 is 5.18. The van der Waals surface area contributed by atoms with Crippen molar-refractivity contribution in [2.75, 3.05) is 0 Å². The molecule has 0 saturated carbocycles. The van der Waals surface area contributed by atoms with Crippen LogP contribution in [-0.2, 0) is 5.75 Å². The molecule has 2 aromatic rings. The zero-order chi connectivity index (χ0) is 10.7. The van der Waals surface area contributed by atoms with Crippen LogP contribution in [-0.4, -0.2) is 11.1 Å². The number of hydrogen-bond donors (Lipinski definition) is 1. The molecule has 0 bridgehead atoms. The van der Waals surface area contributed by atoms with Crippen molar-refractivity contribution in [2.45, 2.75) is 10.6 Å². The quantitative estimate of drug-likeness (QED) is 0.833. The number of furan rings is 1. The molecule has 0 aliphatic carbocycles. The number of rotatable bonds is 4. The van der Waals surface area contributed by atoms with E-state index in [-0.39, 0.29) is 0 Å². The maximum atomic E-state index is 10.6. The number of hydrogen-bond acceptors (Lipinski definition) is 4. The second kappa shape index (κ2) is 4.55. The fraction of sp³-hybridized carbons (Fsp3) is 0.100. The zero-order valence-electron chi connectivity index (χ0n) is 7.67. The van der Waals surface area contributed by atoms with Crippen LogP contribution >= 0.6 is 23.1 Å². The molecule has 0 saturated heterocycles. The molecule has 0 aromatic carbocycles. The number of thiophene rings is 1. The summed E-state index contributed by atoms with van der Waals surface area (Å²) in [6.45, 7) is 0. The summed E-state index contributed by atoms with van der Waals surface area (Å²) >= 11 is 2.81. The Morgan fingerprint density at radius 1 is 1.60 bits per heavy atom. The maximum absolute atomic E-state index is 10.6. The van der Waals surface area contributed by atoms with Crippen molar-refractivity contribution < 1.29 is 14.3 Å². The van der Waals surface area contributed by atoms with Crippen LogP contribution in [0, 0.1) is 0 Å². The van der Waals surface area contributed by atoms with E-state index in [4.69, 9.17) is 9.52 Å². The van der Waals surface area contributed by atoms with Gasteiger partial charge in [0.05, 0.1) is 12.0 Å². The average molecular weight is 240 g/mol. The first-order valence-electron chi connectivity index (χ1n) is 4.23. The summed E-state index contributed by atoms with van der Waals surface area (Å²) in [4.78, 5) is 12.0. The number of aromatic carboxylic acids is 1. The van der Waals surface area contributed by atoms with Crippen LogP contribution in [0.4, 0.5) is 0 Å². The highest BCUT2D eigenvalue weighted by Gasteiger charge is 2.07. The lowest BCUT2D eigenvalue weighted by Gasteiger charge is -1.93. The summed E-state index contributed by atoms with van der Waals surface area (Å²) in [5.74, 6) is 0.746. The minimum Gasteiger partial charge on any atom is -0.477 e. The van der Waals surface area contributed by atoms with E-state index in [1.807, 2.05) is 17.5 Å². The number of carboxylic acids is 1. The molecule has 0 amide bonds. The van der Waals surface area contributed by atoms with Crippen LogP contribution in [0.2, 0.25) is 0 Å². The van der Waals surface area contributed by atoms with Gasteiger partial charge in [-0.3, -0.25) is 0 Å². The third-order valence-corrected chi connectivity index (χ3v) is 3.81. The lowest BCUT2D eigenvalue weighted by molar-refractivity contribution is 0.0702. The molecular weight excluding hydrogens is 232 g/mol. The minimum atomic E-state index is -0.871. The molecule has 15 heavy (non-hydrogen) atoms. The summed E-state index contributed by atoms with van der Waals surface area (Å²) in [6.07, 6.45) is 1.63. The van der Waals surface area contributed by atoms with E-state index >= 15 is 0 Å². The molecule has 0 radical (unpaired) electrons. The lowest BCUT2D eigenvalue weighted by atomic mass is 10.5. The first-order valence-corrected chi connectivity index (χ1v) is 6.09. The van der Waals surface area contributed by atoms with Crippen LogP contribution in [0.3, 0.4) is 0 Å². The van der Waals surface area contributed by atoms with Crippen molar-refractivity contribution in [1.29, 1.82) is 0 Å². The number of carboxylic acid groups (broad SMARTS) is 1. The van der Waals surface area contributed by atoms with Crippen molar-refractivity contribution in [3.63, 3.8) is 0 Å². The minimum absolute atomic E-state index is 0.372. The predicted octanol–water partition coefficient (Wildman–Crippen LogP) is 3.33. The third kappa shape index (κ3) is 2.64. The molecule has 78 valence electrons. The van der Waals surface area contributed by atoms with Gasteiger partial charge in [-0.1, -0.05) is 0 Å². The highest BCUT2D eigenvalue weighted by molar-refractivity contribution is 7.98. The highest BCUT2D eigenvalue weighted by atomic mass is 32.2. The molecular formula is C10H8O3S2. The molecule has 2 rings (SSSR count). The van der Waals surface area contributed by atoms with E-state index < -0.39 is 5.97 Å². The van der Waals surface area contributed by atoms with Gasteiger partial charge in [0.15, 0.2) is 0 Å². The van der Waals surface area contributed by atoms with Crippen LogP contribution in [0.1, 0.15) is 15.4 Å². The molecule has 2 heterocycles. The smallest absolute Gasteiger partial charge is 0.345 e. The van der Waals surface area contributed by atoms with E-state index in [0.717, 1.165) is 16.4 Å². The van der Waals surface area contributed by atoms with Gasteiger partial charge in [-0.05, 0) is 18.2 Å². The standard InChI is InChI=1S/C10H8O3S2/c11-10(12)9-4-8(6-15-9)14-5-7-2-1-3-13-7/h1-4,6H,5H2,(H,11,12). The lowest BCUT2D eigenvalue weighted by Crippen LogP contribution is -1.89. The summed E-state index contributed by atoms with van der Waals surface area (Å²) in [6, 6.07) is 5.42. The Bertz CT molecular complexity index is 445. The molecule has 0 atom stereocenters. The van der Waals surface area contributed by atoms with Gasteiger partial charge >= 0.3 is 5.97 Å². The van der Waals surface area contributed by atoms with E-state index in [0.29, 0.717) is 4.88 Å². The molecule has 0 aliphatic rings. The second-order valence-electron chi connectivity index (χ2n) is 2.82. The van der Waals surface area contributed by atoms with Crippen molar-refractivity contribution in [1.82, 2.24) is 0 Å². The third-order valence-electron chi connectivity index (χ3n) is 1.75.